The Labute approximate surface area is 105 Å². The second-order valence-electron chi connectivity index (χ2n) is 3.80. The van der Waals surface area contributed by atoms with Crippen LogP contribution in [0.4, 0.5) is 0 Å². The molecule has 0 saturated heterocycles. The first-order chi connectivity index (χ1) is 8.20. The van der Waals surface area contributed by atoms with Gasteiger partial charge in [0.15, 0.2) is 0 Å². The first-order valence-corrected chi connectivity index (χ1v) is 5.57. The van der Waals surface area contributed by atoms with E-state index in [1.807, 2.05) is 19.1 Å². The molecule has 0 fully saturated rings. The lowest BCUT2D eigenvalue weighted by atomic mass is 10.0. The first kappa shape index (κ1) is 12.0. The molecule has 17 heavy (non-hydrogen) atoms. The lowest BCUT2D eigenvalue weighted by Gasteiger charge is -2.15. The van der Waals surface area contributed by atoms with Crippen LogP contribution in [-0.4, -0.2) is 9.97 Å². The van der Waals surface area contributed by atoms with Gasteiger partial charge in [-0.1, -0.05) is 17.7 Å². The summed E-state index contributed by atoms with van der Waals surface area (Å²) in [7, 11) is 0. The molecule has 3 N–H and O–H groups in total. The third kappa shape index (κ3) is 2.79. The van der Waals surface area contributed by atoms with Crippen LogP contribution in [-0.2, 0) is 0 Å². The SMILES string of the molecule is Cc1cncc(C(NN)c2ccc(Cl)cn2)c1. The van der Waals surface area contributed by atoms with Crippen LogP contribution in [0.2, 0.25) is 5.02 Å². The van der Waals surface area contributed by atoms with Gasteiger partial charge in [-0.15, -0.1) is 0 Å². The molecule has 2 heterocycles. The van der Waals surface area contributed by atoms with Gasteiger partial charge in [-0.3, -0.25) is 15.8 Å². The highest BCUT2D eigenvalue weighted by Crippen LogP contribution is 2.20. The molecular formula is C12H13ClN4. The van der Waals surface area contributed by atoms with Crippen LogP contribution >= 0.6 is 11.6 Å². The van der Waals surface area contributed by atoms with E-state index in [1.54, 1.807) is 24.7 Å². The minimum Gasteiger partial charge on any atom is -0.271 e. The predicted molar refractivity (Wildman–Crippen MR) is 67.4 cm³/mol. The summed E-state index contributed by atoms with van der Waals surface area (Å²) in [5.74, 6) is 5.57. The quantitative estimate of drug-likeness (QED) is 0.644. The zero-order valence-corrected chi connectivity index (χ0v) is 10.1. The Bertz CT molecular complexity index is 498. The van der Waals surface area contributed by atoms with Crippen LogP contribution in [0.15, 0.2) is 36.8 Å². The van der Waals surface area contributed by atoms with Gasteiger partial charge in [0.1, 0.15) is 0 Å². The number of pyridine rings is 2. The highest BCUT2D eigenvalue weighted by atomic mass is 35.5. The van der Waals surface area contributed by atoms with Crippen LogP contribution in [0.25, 0.3) is 0 Å². The summed E-state index contributed by atoms with van der Waals surface area (Å²) in [6.07, 6.45) is 5.17. The van der Waals surface area contributed by atoms with Crippen molar-refractivity contribution in [3.63, 3.8) is 0 Å². The number of rotatable bonds is 3. The molecule has 2 aromatic heterocycles. The predicted octanol–water partition coefficient (Wildman–Crippen LogP) is 1.99. The molecule has 0 aliphatic carbocycles. The Morgan fingerprint density at radius 3 is 2.71 bits per heavy atom. The van der Waals surface area contributed by atoms with Gasteiger partial charge < -0.3 is 0 Å². The van der Waals surface area contributed by atoms with Gasteiger partial charge in [-0.2, -0.15) is 0 Å². The van der Waals surface area contributed by atoms with Crippen LogP contribution in [0.1, 0.15) is 22.9 Å². The van der Waals surface area contributed by atoms with Crippen molar-refractivity contribution in [3.8, 4) is 0 Å². The van der Waals surface area contributed by atoms with Gasteiger partial charge in [0.05, 0.1) is 16.8 Å². The first-order valence-electron chi connectivity index (χ1n) is 5.20. The van der Waals surface area contributed by atoms with Crippen molar-refractivity contribution in [2.45, 2.75) is 13.0 Å². The van der Waals surface area contributed by atoms with E-state index in [0.29, 0.717) is 5.02 Å². The van der Waals surface area contributed by atoms with Crippen molar-refractivity contribution in [3.05, 3.63) is 58.6 Å². The number of hydrogen-bond donors (Lipinski definition) is 2. The minimum atomic E-state index is -0.181. The highest BCUT2D eigenvalue weighted by molar-refractivity contribution is 6.30. The van der Waals surface area contributed by atoms with Crippen molar-refractivity contribution < 1.29 is 0 Å². The van der Waals surface area contributed by atoms with E-state index in [1.165, 1.54) is 0 Å². The summed E-state index contributed by atoms with van der Waals surface area (Å²) < 4.78 is 0. The van der Waals surface area contributed by atoms with Crippen LogP contribution in [0, 0.1) is 6.92 Å². The molecular weight excluding hydrogens is 236 g/mol. The maximum Gasteiger partial charge on any atom is 0.0896 e. The van der Waals surface area contributed by atoms with Crippen LogP contribution in [0.5, 0.6) is 0 Å². The van der Waals surface area contributed by atoms with E-state index in [2.05, 4.69) is 15.4 Å². The average molecular weight is 249 g/mol. The van der Waals surface area contributed by atoms with Crippen LogP contribution < -0.4 is 11.3 Å². The van der Waals surface area contributed by atoms with Crippen molar-refractivity contribution in [1.29, 1.82) is 0 Å². The van der Waals surface area contributed by atoms with E-state index >= 15 is 0 Å². The summed E-state index contributed by atoms with van der Waals surface area (Å²) >= 11 is 5.80. The summed E-state index contributed by atoms with van der Waals surface area (Å²) in [4.78, 5) is 8.40. The molecule has 88 valence electrons. The standard InChI is InChI=1S/C12H13ClN4/c1-8-4-9(6-15-5-8)12(17-14)11-3-2-10(13)7-16-11/h2-7,12,17H,14H2,1H3. The third-order valence-corrected chi connectivity index (χ3v) is 2.67. The smallest absolute Gasteiger partial charge is 0.0896 e. The van der Waals surface area contributed by atoms with E-state index in [4.69, 9.17) is 17.4 Å². The average Bonchev–Trinajstić information content (AvgIpc) is 2.33. The number of aromatic nitrogens is 2. The zero-order chi connectivity index (χ0) is 12.3. The monoisotopic (exact) mass is 248 g/mol. The Hall–Kier alpha value is -1.49. The maximum atomic E-state index is 5.80. The summed E-state index contributed by atoms with van der Waals surface area (Å²) in [5.41, 5.74) is 5.60. The summed E-state index contributed by atoms with van der Waals surface area (Å²) in [6.45, 7) is 1.99. The highest BCUT2D eigenvalue weighted by Gasteiger charge is 2.13. The number of halogens is 1. The van der Waals surface area contributed by atoms with Gasteiger partial charge in [0, 0.05) is 18.6 Å². The van der Waals surface area contributed by atoms with E-state index in [9.17, 15) is 0 Å². The molecule has 1 unspecified atom stereocenters. The molecule has 0 aromatic carbocycles. The number of nitrogens with zero attached hydrogens (tertiary/aromatic N) is 2. The molecule has 1 atom stereocenters. The molecule has 5 heteroatoms. The van der Waals surface area contributed by atoms with E-state index in [-0.39, 0.29) is 6.04 Å². The number of hydrazine groups is 1. The largest absolute Gasteiger partial charge is 0.271 e. The molecule has 4 nitrogen and oxygen atoms in total. The molecule has 0 spiro atoms. The van der Waals surface area contributed by atoms with Crippen molar-refractivity contribution >= 4 is 11.6 Å². The van der Waals surface area contributed by atoms with Crippen molar-refractivity contribution in [1.82, 2.24) is 15.4 Å². The van der Waals surface area contributed by atoms with Crippen molar-refractivity contribution in [2.24, 2.45) is 5.84 Å². The number of hydrogen-bond acceptors (Lipinski definition) is 4. The molecule has 2 aromatic rings. The lowest BCUT2D eigenvalue weighted by Crippen LogP contribution is -2.29. The second kappa shape index (κ2) is 5.23. The zero-order valence-electron chi connectivity index (χ0n) is 9.39. The van der Waals surface area contributed by atoms with E-state index in [0.717, 1.165) is 16.8 Å². The molecule has 0 saturated carbocycles. The maximum absolute atomic E-state index is 5.80. The molecule has 0 aliphatic heterocycles. The second-order valence-corrected chi connectivity index (χ2v) is 4.23. The van der Waals surface area contributed by atoms with Crippen molar-refractivity contribution in [2.75, 3.05) is 0 Å². The molecule has 0 bridgehead atoms. The Balaban J connectivity index is 2.36. The summed E-state index contributed by atoms with van der Waals surface area (Å²) in [6, 6.07) is 5.47. The third-order valence-electron chi connectivity index (χ3n) is 2.44. The van der Waals surface area contributed by atoms with Gasteiger partial charge in [0.2, 0.25) is 0 Å². The topological polar surface area (TPSA) is 63.8 Å². The fraction of sp³-hybridized carbons (Fsp3) is 0.167. The van der Waals surface area contributed by atoms with Crippen LogP contribution in [0.3, 0.4) is 0 Å². The molecule has 0 amide bonds. The Morgan fingerprint density at radius 1 is 1.29 bits per heavy atom. The number of nitrogens with one attached hydrogen (secondary N) is 1. The number of aryl methyl sites for hydroxylation is 1. The molecule has 0 aliphatic rings. The van der Waals surface area contributed by atoms with Gasteiger partial charge in [0.25, 0.3) is 0 Å². The van der Waals surface area contributed by atoms with Gasteiger partial charge >= 0.3 is 0 Å². The fourth-order valence-corrected chi connectivity index (χ4v) is 1.76. The summed E-state index contributed by atoms with van der Waals surface area (Å²) in [5, 5.41) is 0.604. The van der Waals surface area contributed by atoms with E-state index < -0.39 is 0 Å². The molecule has 0 radical (unpaired) electrons. The lowest BCUT2D eigenvalue weighted by molar-refractivity contribution is 0.618. The Kier molecular flexibility index (Phi) is 3.68. The Morgan fingerprint density at radius 2 is 2.12 bits per heavy atom. The van der Waals surface area contributed by atoms with Gasteiger partial charge in [-0.25, -0.2) is 5.43 Å². The van der Waals surface area contributed by atoms with Gasteiger partial charge in [-0.05, 0) is 30.2 Å². The normalized spacial score (nSPS) is 12.4. The number of nitrogens with two attached hydrogens (primary N) is 1. The minimum absolute atomic E-state index is 0.181. The molecule has 2 rings (SSSR count). The fourth-order valence-electron chi connectivity index (χ4n) is 1.65.